The van der Waals surface area contributed by atoms with E-state index in [4.69, 9.17) is 4.74 Å². The van der Waals surface area contributed by atoms with Crippen molar-refractivity contribution < 1.29 is 4.74 Å². The highest BCUT2D eigenvalue weighted by Crippen LogP contribution is 2.28. The topological polar surface area (TPSA) is 21.3 Å². The Morgan fingerprint density at radius 2 is 1.80 bits per heavy atom. The summed E-state index contributed by atoms with van der Waals surface area (Å²) < 4.78 is 5.10. The smallest absolute Gasteiger partial charge is 0.0476 e. The van der Waals surface area contributed by atoms with E-state index in [1.165, 1.54) is 19.3 Å². The summed E-state index contributed by atoms with van der Waals surface area (Å²) in [5.74, 6) is 1.78. The summed E-state index contributed by atoms with van der Waals surface area (Å²) >= 11 is 0. The third-order valence-electron chi connectivity index (χ3n) is 3.45. The van der Waals surface area contributed by atoms with Gasteiger partial charge < -0.3 is 10.1 Å². The number of hydrogen-bond donors (Lipinski definition) is 1. The molecule has 0 aromatic rings. The molecule has 3 atom stereocenters. The molecule has 0 heterocycles. The van der Waals surface area contributed by atoms with Gasteiger partial charge in [-0.1, -0.05) is 13.8 Å². The zero-order valence-corrected chi connectivity index (χ0v) is 10.8. The lowest BCUT2D eigenvalue weighted by molar-refractivity contribution is 0.172. The van der Waals surface area contributed by atoms with Crippen LogP contribution in [0.5, 0.6) is 0 Å². The largest absolute Gasteiger partial charge is 0.385 e. The molecule has 1 saturated carbocycles. The van der Waals surface area contributed by atoms with E-state index in [2.05, 4.69) is 26.1 Å². The van der Waals surface area contributed by atoms with E-state index < -0.39 is 0 Å². The molecule has 0 aromatic heterocycles. The Labute approximate surface area is 94.8 Å². The maximum Gasteiger partial charge on any atom is 0.0476 e. The number of hydrogen-bond acceptors (Lipinski definition) is 2. The first-order valence-electron chi connectivity index (χ1n) is 6.36. The van der Waals surface area contributed by atoms with E-state index in [1.54, 1.807) is 7.11 Å². The second kappa shape index (κ2) is 6.49. The molecule has 0 radical (unpaired) electrons. The SMILES string of the molecule is COCCC(C)NC1CC(C)CC(C)C1. The van der Waals surface area contributed by atoms with Crippen LogP contribution in [-0.2, 0) is 4.74 Å². The van der Waals surface area contributed by atoms with Crippen LogP contribution in [0.3, 0.4) is 0 Å². The Balaban J connectivity index is 2.24. The van der Waals surface area contributed by atoms with Gasteiger partial charge in [-0.05, 0) is 44.4 Å². The van der Waals surface area contributed by atoms with Crippen molar-refractivity contribution in [2.24, 2.45) is 11.8 Å². The van der Waals surface area contributed by atoms with Crippen molar-refractivity contribution in [3.05, 3.63) is 0 Å². The van der Waals surface area contributed by atoms with Gasteiger partial charge in [-0.3, -0.25) is 0 Å². The highest BCUT2D eigenvalue weighted by molar-refractivity contribution is 4.81. The molecule has 1 aliphatic carbocycles. The summed E-state index contributed by atoms with van der Waals surface area (Å²) in [5, 5.41) is 3.73. The van der Waals surface area contributed by atoms with Gasteiger partial charge in [0.1, 0.15) is 0 Å². The van der Waals surface area contributed by atoms with Gasteiger partial charge in [0.05, 0.1) is 0 Å². The van der Waals surface area contributed by atoms with E-state index in [0.717, 1.165) is 30.9 Å². The van der Waals surface area contributed by atoms with Crippen LogP contribution < -0.4 is 5.32 Å². The highest BCUT2D eigenvalue weighted by Gasteiger charge is 2.24. The van der Waals surface area contributed by atoms with E-state index in [-0.39, 0.29) is 0 Å². The van der Waals surface area contributed by atoms with E-state index in [9.17, 15) is 0 Å². The summed E-state index contributed by atoms with van der Waals surface area (Å²) in [6.45, 7) is 7.89. The van der Waals surface area contributed by atoms with Crippen molar-refractivity contribution in [3.8, 4) is 0 Å². The Hall–Kier alpha value is -0.0800. The van der Waals surface area contributed by atoms with Crippen LogP contribution in [0.15, 0.2) is 0 Å². The zero-order chi connectivity index (χ0) is 11.3. The Morgan fingerprint density at radius 1 is 1.20 bits per heavy atom. The van der Waals surface area contributed by atoms with Gasteiger partial charge in [0.15, 0.2) is 0 Å². The predicted octanol–water partition coefficient (Wildman–Crippen LogP) is 2.83. The van der Waals surface area contributed by atoms with E-state index in [1.807, 2.05) is 0 Å². The lowest BCUT2D eigenvalue weighted by Crippen LogP contribution is -2.41. The second-order valence-electron chi connectivity index (χ2n) is 5.46. The lowest BCUT2D eigenvalue weighted by atomic mass is 9.80. The van der Waals surface area contributed by atoms with Crippen LogP contribution in [0.1, 0.15) is 46.5 Å². The zero-order valence-electron chi connectivity index (χ0n) is 10.8. The van der Waals surface area contributed by atoms with Gasteiger partial charge in [-0.25, -0.2) is 0 Å². The van der Waals surface area contributed by atoms with Crippen LogP contribution in [-0.4, -0.2) is 25.8 Å². The first kappa shape index (κ1) is 13.0. The third kappa shape index (κ3) is 4.98. The van der Waals surface area contributed by atoms with Crippen molar-refractivity contribution in [1.82, 2.24) is 5.32 Å². The fourth-order valence-corrected chi connectivity index (χ4v) is 2.86. The number of methoxy groups -OCH3 is 1. The second-order valence-corrected chi connectivity index (χ2v) is 5.46. The average molecular weight is 213 g/mol. The van der Waals surface area contributed by atoms with Gasteiger partial charge in [0.2, 0.25) is 0 Å². The normalized spacial score (nSPS) is 34.0. The van der Waals surface area contributed by atoms with Gasteiger partial charge in [0, 0.05) is 25.8 Å². The monoisotopic (exact) mass is 213 g/mol. The Morgan fingerprint density at radius 3 is 2.33 bits per heavy atom. The molecule has 15 heavy (non-hydrogen) atoms. The molecule has 0 amide bonds. The summed E-state index contributed by atoms with van der Waals surface area (Å²) in [5.41, 5.74) is 0. The molecule has 2 heteroatoms. The van der Waals surface area contributed by atoms with E-state index >= 15 is 0 Å². The summed E-state index contributed by atoms with van der Waals surface area (Å²) in [7, 11) is 1.78. The van der Waals surface area contributed by atoms with Gasteiger partial charge in [-0.2, -0.15) is 0 Å². The molecule has 0 spiro atoms. The van der Waals surface area contributed by atoms with Crippen LogP contribution in [0.2, 0.25) is 0 Å². The molecule has 1 aliphatic rings. The summed E-state index contributed by atoms with van der Waals surface area (Å²) in [6, 6.07) is 1.32. The molecule has 0 aromatic carbocycles. The fraction of sp³-hybridized carbons (Fsp3) is 1.00. The number of rotatable bonds is 5. The van der Waals surface area contributed by atoms with Crippen LogP contribution in [0, 0.1) is 11.8 Å². The van der Waals surface area contributed by atoms with Crippen molar-refractivity contribution >= 4 is 0 Å². The number of ether oxygens (including phenoxy) is 1. The highest BCUT2D eigenvalue weighted by atomic mass is 16.5. The number of nitrogens with one attached hydrogen (secondary N) is 1. The van der Waals surface area contributed by atoms with Crippen LogP contribution in [0.4, 0.5) is 0 Å². The minimum absolute atomic E-state index is 0.590. The molecule has 0 saturated heterocycles. The minimum Gasteiger partial charge on any atom is -0.385 e. The minimum atomic E-state index is 0.590. The van der Waals surface area contributed by atoms with E-state index in [0.29, 0.717) is 6.04 Å². The standard InChI is InChI=1S/C13H27NO/c1-10-7-11(2)9-13(8-10)14-12(3)5-6-15-4/h10-14H,5-9H2,1-4H3. The lowest BCUT2D eigenvalue weighted by Gasteiger charge is -2.34. The first-order chi connectivity index (χ1) is 7.11. The molecule has 3 unspecified atom stereocenters. The fourth-order valence-electron chi connectivity index (χ4n) is 2.86. The molecule has 1 fully saturated rings. The molecule has 1 rings (SSSR count). The van der Waals surface area contributed by atoms with Crippen molar-refractivity contribution in [1.29, 1.82) is 0 Å². The maximum absolute atomic E-state index is 5.10. The van der Waals surface area contributed by atoms with Gasteiger partial charge in [0.25, 0.3) is 0 Å². The van der Waals surface area contributed by atoms with Gasteiger partial charge >= 0.3 is 0 Å². The molecule has 90 valence electrons. The predicted molar refractivity (Wildman–Crippen MR) is 65.1 cm³/mol. The summed E-state index contributed by atoms with van der Waals surface area (Å²) in [4.78, 5) is 0. The summed E-state index contributed by atoms with van der Waals surface area (Å²) in [6.07, 6.45) is 5.23. The van der Waals surface area contributed by atoms with Crippen molar-refractivity contribution in [2.45, 2.75) is 58.5 Å². The molecular weight excluding hydrogens is 186 g/mol. The maximum atomic E-state index is 5.10. The Bertz CT molecular complexity index is 162. The van der Waals surface area contributed by atoms with Crippen LogP contribution >= 0.6 is 0 Å². The van der Waals surface area contributed by atoms with Crippen molar-refractivity contribution in [2.75, 3.05) is 13.7 Å². The first-order valence-corrected chi connectivity index (χ1v) is 6.36. The third-order valence-corrected chi connectivity index (χ3v) is 3.45. The molecular formula is C13H27NO. The Kier molecular flexibility index (Phi) is 5.62. The molecule has 0 bridgehead atoms. The molecule has 2 nitrogen and oxygen atoms in total. The molecule has 1 N–H and O–H groups in total. The quantitative estimate of drug-likeness (QED) is 0.758. The van der Waals surface area contributed by atoms with Gasteiger partial charge in [-0.15, -0.1) is 0 Å². The molecule has 0 aliphatic heterocycles. The van der Waals surface area contributed by atoms with Crippen molar-refractivity contribution in [3.63, 3.8) is 0 Å². The van der Waals surface area contributed by atoms with Crippen LogP contribution in [0.25, 0.3) is 0 Å². The average Bonchev–Trinajstić information content (AvgIpc) is 2.13.